The van der Waals surface area contributed by atoms with Gasteiger partial charge in [0, 0.05) is 43.5 Å². The number of nitrogens with zero attached hydrogens (tertiary/aromatic N) is 5. The third-order valence-corrected chi connectivity index (χ3v) is 7.55. The first-order valence-corrected chi connectivity index (χ1v) is 11.9. The van der Waals surface area contributed by atoms with Gasteiger partial charge in [0.2, 0.25) is 11.8 Å². The maximum Gasteiger partial charge on any atom is 0.388 e. The van der Waals surface area contributed by atoms with Crippen LogP contribution in [0.2, 0.25) is 0 Å². The first kappa shape index (κ1) is 23.9. The Morgan fingerprint density at radius 3 is 2.61 bits per heavy atom. The lowest BCUT2D eigenvalue weighted by atomic mass is 9.68. The van der Waals surface area contributed by atoms with Gasteiger partial charge in [-0.05, 0) is 55.2 Å². The van der Waals surface area contributed by atoms with Crippen molar-refractivity contribution < 1.29 is 18.3 Å². The number of aromatic nitrogens is 4. The normalized spacial score (nSPS) is 17.4. The van der Waals surface area contributed by atoms with Gasteiger partial charge in [0.1, 0.15) is 17.8 Å². The van der Waals surface area contributed by atoms with E-state index < -0.39 is 6.61 Å². The van der Waals surface area contributed by atoms with Crippen LogP contribution in [0.15, 0.2) is 43.4 Å². The number of ether oxygens (including phenoxy) is 1. The number of anilines is 1. The van der Waals surface area contributed by atoms with E-state index in [1.54, 1.807) is 6.07 Å². The minimum Gasteiger partial charge on any atom is -0.417 e. The van der Waals surface area contributed by atoms with E-state index in [-0.39, 0.29) is 17.2 Å². The topological polar surface area (TPSA) is 99.2 Å². The van der Waals surface area contributed by atoms with E-state index in [9.17, 15) is 13.6 Å². The molecule has 4 heterocycles. The second-order valence-electron chi connectivity index (χ2n) is 9.47. The van der Waals surface area contributed by atoms with Crippen LogP contribution in [0.1, 0.15) is 37.8 Å². The molecule has 2 N–H and O–H groups in total. The average Bonchev–Trinajstić information content (AvgIpc) is 3.18. The number of aryl methyl sites for hydroxylation is 1. The van der Waals surface area contributed by atoms with Gasteiger partial charge in [-0.15, -0.1) is 0 Å². The fraction of sp³-hybridized carbons (Fsp3) is 0.385. The first-order chi connectivity index (χ1) is 17.3. The highest BCUT2D eigenvalue weighted by molar-refractivity contribution is 6.05. The zero-order valence-corrected chi connectivity index (χ0v) is 20.1. The summed E-state index contributed by atoms with van der Waals surface area (Å²) in [7, 11) is 1.94. The largest absolute Gasteiger partial charge is 0.417 e. The molecule has 0 aromatic carbocycles. The zero-order chi connectivity index (χ0) is 25.4. The standard InChI is InChI=1S/C26H28F2N6O2/c1-3-19(35)34-12-10-26(11-13-34)8-6-16(7-9-26)22-20(17-4-5-18(30-14-17)36-25(27)28)21-23(29)31-15-32-24(21)33(22)2/h3-6,14-15,25H,1,7-13H2,2H3,(H2,29,31,32). The fourth-order valence-corrected chi connectivity index (χ4v) is 5.57. The van der Waals surface area contributed by atoms with Crippen LogP contribution in [0.5, 0.6) is 5.88 Å². The van der Waals surface area contributed by atoms with Crippen LogP contribution in [0, 0.1) is 5.41 Å². The third kappa shape index (κ3) is 4.20. The molecule has 1 aliphatic heterocycles. The number of alkyl halides is 2. The molecule has 2 aliphatic rings. The molecular formula is C26H28F2N6O2. The van der Waals surface area contributed by atoms with Crippen molar-refractivity contribution in [2.24, 2.45) is 12.5 Å². The van der Waals surface area contributed by atoms with Gasteiger partial charge in [-0.3, -0.25) is 4.79 Å². The highest BCUT2D eigenvalue weighted by Crippen LogP contribution is 2.48. The molecule has 0 radical (unpaired) electrons. The molecule has 3 aromatic heterocycles. The number of likely N-dealkylation sites (tertiary alicyclic amines) is 1. The lowest BCUT2D eigenvalue weighted by Gasteiger charge is -2.43. The van der Waals surface area contributed by atoms with Crippen molar-refractivity contribution >= 4 is 28.3 Å². The first-order valence-electron chi connectivity index (χ1n) is 11.9. The number of piperidine rings is 1. The lowest BCUT2D eigenvalue weighted by molar-refractivity contribution is -0.128. The third-order valence-electron chi connectivity index (χ3n) is 7.55. The predicted molar refractivity (Wildman–Crippen MR) is 133 cm³/mol. The van der Waals surface area contributed by atoms with E-state index in [4.69, 9.17) is 5.73 Å². The van der Waals surface area contributed by atoms with Crippen molar-refractivity contribution in [2.45, 2.75) is 38.7 Å². The summed E-state index contributed by atoms with van der Waals surface area (Å²) in [6.45, 7) is 2.15. The van der Waals surface area contributed by atoms with Crippen molar-refractivity contribution in [3.63, 3.8) is 0 Å². The number of rotatable bonds is 5. The number of halogens is 2. The number of nitrogen functional groups attached to an aromatic ring is 1. The van der Waals surface area contributed by atoms with Crippen LogP contribution in [-0.4, -0.2) is 50.0 Å². The Hall–Kier alpha value is -3.82. The van der Waals surface area contributed by atoms with Gasteiger partial charge in [-0.1, -0.05) is 12.7 Å². The lowest BCUT2D eigenvalue weighted by Crippen LogP contribution is -2.43. The van der Waals surface area contributed by atoms with Crippen LogP contribution in [0.3, 0.4) is 0 Å². The monoisotopic (exact) mass is 494 g/mol. The molecule has 0 atom stereocenters. The number of hydrogen-bond acceptors (Lipinski definition) is 6. The molecule has 1 amide bonds. The molecular weight excluding hydrogens is 466 g/mol. The van der Waals surface area contributed by atoms with Gasteiger partial charge >= 0.3 is 6.61 Å². The van der Waals surface area contributed by atoms with Crippen LogP contribution < -0.4 is 10.5 Å². The number of nitrogens with two attached hydrogens (primary N) is 1. The summed E-state index contributed by atoms with van der Waals surface area (Å²) in [5, 5.41) is 0.705. The summed E-state index contributed by atoms with van der Waals surface area (Å²) in [6, 6.07) is 3.12. The molecule has 0 bridgehead atoms. The maximum atomic E-state index is 12.6. The Morgan fingerprint density at radius 2 is 2.00 bits per heavy atom. The maximum absolute atomic E-state index is 12.6. The van der Waals surface area contributed by atoms with Gasteiger partial charge in [-0.2, -0.15) is 8.78 Å². The minimum absolute atomic E-state index is 0.00527. The second kappa shape index (κ2) is 9.33. The molecule has 0 saturated carbocycles. The highest BCUT2D eigenvalue weighted by Gasteiger charge is 2.37. The van der Waals surface area contributed by atoms with Gasteiger partial charge in [0.05, 0.1) is 11.1 Å². The quantitative estimate of drug-likeness (QED) is 0.522. The highest BCUT2D eigenvalue weighted by atomic mass is 19.3. The van der Waals surface area contributed by atoms with Crippen LogP contribution in [0.25, 0.3) is 27.7 Å². The number of carbonyl (C=O) groups is 1. The molecule has 3 aromatic rings. The van der Waals surface area contributed by atoms with Gasteiger partial charge in [-0.25, -0.2) is 15.0 Å². The van der Waals surface area contributed by atoms with Crippen molar-refractivity contribution in [1.29, 1.82) is 0 Å². The summed E-state index contributed by atoms with van der Waals surface area (Å²) < 4.78 is 31.7. The number of pyridine rings is 1. The van der Waals surface area contributed by atoms with E-state index in [0.29, 0.717) is 16.9 Å². The molecule has 5 rings (SSSR count). The fourth-order valence-electron chi connectivity index (χ4n) is 5.57. The zero-order valence-electron chi connectivity index (χ0n) is 20.1. The summed E-state index contributed by atoms with van der Waals surface area (Å²) in [6.07, 6.45) is 11.3. The number of hydrogen-bond donors (Lipinski definition) is 1. The van der Waals surface area contributed by atoms with E-state index in [1.807, 2.05) is 16.5 Å². The Labute approximate surface area is 207 Å². The van der Waals surface area contributed by atoms with E-state index >= 15 is 0 Å². The van der Waals surface area contributed by atoms with Crippen molar-refractivity contribution in [2.75, 3.05) is 18.8 Å². The predicted octanol–water partition coefficient (Wildman–Crippen LogP) is 4.58. The molecule has 1 spiro atoms. The number of fused-ring (bicyclic) bond motifs is 1. The van der Waals surface area contributed by atoms with Crippen LogP contribution in [0.4, 0.5) is 14.6 Å². The van der Waals surface area contributed by atoms with Crippen molar-refractivity contribution in [3.8, 4) is 17.0 Å². The number of amides is 1. The summed E-state index contributed by atoms with van der Waals surface area (Å²) >= 11 is 0. The number of carbonyl (C=O) groups excluding carboxylic acids is 1. The smallest absolute Gasteiger partial charge is 0.388 e. The molecule has 188 valence electrons. The number of allylic oxidation sites excluding steroid dienone is 2. The molecule has 1 saturated heterocycles. The van der Waals surface area contributed by atoms with Crippen molar-refractivity contribution in [3.05, 3.63) is 49.1 Å². The summed E-state index contributed by atoms with van der Waals surface area (Å²) in [4.78, 5) is 26.6. The molecule has 0 unspecified atom stereocenters. The van der Waals surface area contributed by atoms with E-state index in [2.05, 4.69) is 32.3 Å². The minimum atomic E-state index is -2.94. The van der Waals surface area contributed by atoms with Crippen LogP contribution >= 0.6 is 0 Å². The Balaban J connectivity index is 1.51. The summed E-state index contributed by atoms with van der Waals surface area (Å²) in [5.41, 5.74) is 10.9. The van der Waals surface area contributed by atoms with Crippen molar-refractivity contribution in [1.82, 2.24) is 24.4 Å². The molecule has 8 nitrogen and oxygen atoms in total. The molecule has 1 fully saturated rings. The second-order valence-corrected chi connectivity index (χ2v) is 9.47. The van der Waals surface area contributed by atoms with E-state index in [1.165, 1.54) is 30.2 Å². The van der Waals surface area contributed by atoms with Gasteiger partial charge in [0.15, 0.2) is 0 Å². The Morgan fingerprint density at radius 1 is 1.22 bits per heavy atom. The summed E-state index contributed by atoms with van der Waals surface area (Å²) in [5.74, 6) is 0.186. The average molecular weight is 495 g/mol. The molecule has 36 heavy (non-hydrogen) atoms. The Bertz CT molecular complexity index is 1340. The molecule has 10 heteroatoms. The SMILES string of the molecule is C=CC(=O)N1CCC2(CC=C(c3c(-c4ccc(OC(F)F)nc4)c4c(N)ncnc4n3C)CC2)CC1. The Kier molecular flexibility index (Phi) is 6.19. The van der Waals surface area contributed by atoms with Gasteiger partial charge in [0.25, 0.3) is 0 Å². The van der Waals surface area contributed by atoms with E-state index in [0.717, 1.165) is 62.0 Å². The molecule has 1 aliphatic carbocycles. The van der Waals surface area contributed by atoms with Crippen LogP contribution in [-0.2, 0) is 11.8 Å². The van der Waals surface area contributed by atoms with Gasteiger partial charge < -0.3 is 19.9 Å².